The van der Waals surface area contributed by atoms with Gasteiger partial charge in [0.2, 0.25) is 0 Å². The Morgan fingerprint density at radius 2 is 1.71 bits per heavy atom. The number of nitrogens with one attached hydrogen (secondary N) is 1. The van der Waals surface area contributed by atoms with Gasteiger partial charge in [0.1, 0.15) is 0 Å². The zero-order valence-electron chi connectivity index (χ0n) is 16.7. The monoisotopic (exact) mass is 474 g/mol. The van der Waals surface area contributed by atoms with Crippen LogP contribution in [0.25, 0.3) is 10.8 Å². The molecule has 154 valence electrons. The van der Waals surface area contributed by atoms with Crippen molar-refractivity contribution < 1.29 is 4.79 Å². The van der Waals surface area contributed by atoms with Crippen molar-refractivity contribution in [3.63, 3.8) is 0 Å². The number of benzene rings is 3. The molecule has 4 aromatic rings. The molecule has 0 radical (unpaired) electrons. The molecule has 0 atom stereocenters. The van der Waals surface area contributed by atoms with E-state index in [0.717, 1.165) is 15.6 Å². The van der Waals surface area contributed by atoms with E-state index in [1.54, 1.807) is 24.3 Å². The Labute approximate surface area is 187 Å². The maximum absolute atomic E-state index is 13.0. The van der Waals surface area contributed by atoms with Crippen LogP contribution < -0.4 is 11.0 Å². The number of hydrogen-bond acceptors (Lipinski definition) is 4. The first-order valence-corrected chi connectivity index (χ1v) is 10.5. The van der Waals surface area contributed by atoms with E-state index >= 15 is 0 Å². The van der Waals surface area contributed by atoms with Gasteiger partial charge in [-0.3, -0.25) is 9.59 Å². The van der Waals surface area contributed by atoms with Gasteiger partial charge in [0, 0.05) is 9.86 Å². The molecule has 0 aliphatic heterocycles. The highest BCUT2D eigenvalue weighted by Crippen LogP contribution is 2.15. The van der Waals surface area contributed by atoms with Crippen LogP contribution in [0.4, 0.5) is 0 Å². The fourth-order valence-corrected chi connectivity index (χ4v) is 3.63. The average Bonchev–Trinajstić information content (AvgIpc) is 2.80. The van der Waals surface area contributed by atoms with Gasteiger partial charge in [-0.05, 0) is 36.2 Å². The Morgan fingerprint density at radius 1 is 1.00 bits per heavy atom. The summed E-state index contributed by atoms with van der Waals surface area (Å²) in [6, 6.07) is 24.1. The minimum absolute atomic E-state index is 0.150. The molecule has 0 saturated carbocycles. The fourth-order valence-electron chi connectivity index (χ4n) is 3.23. The van der Waals surface area contributed by atoms with Crippen LogP contribution >= 0.6 is 15.9 Å². The number of aromatic nitrogens is 2. The van der Waals surface area contributed by atoms with Crippen molar-refractivity contribution in [1.29, 1.82) is 0 Å². The van der Waals surface area contributed by atoms with Crippen molar-refractivity contribution in [3.8, 4) is 0 Å². The van der Waals surface area contributed by atoms with E-state index in [9.17, 15) is 9.59 Å². The zero-order chi connectivity index (χ0) is 21.8. The topological polar surface area (TPSA) is 76.3 Å². The number of fused-ring (bicyclic) bond motifs is 1. The third-order valence-corrected chi connectivity index (χ3v) is 5.32. The Hall–Kier alpha value is -3.58. The lowest BCUT2D eigenvalue weighted by Crippen LogP contribution is -2.29. The number of hydrogen-bond donors (Lipinski definition) is 1. The van der Waals surface area contributed by atoms with Crippen LogP contribution in [0.1, 0.15) is 28.5 Å². The first kappa shape index (κ1) is 20.7. The summed E-state index contributed by atoms with van der Waals surface area (Å²) in [6.07, 6.45) is 0. The highest BCUT2D eigenvalue weighted by molar-refractivity contribution is 9.10. The van der Waals surface area contributed by atoms with Crippen LogP contribution in [0.3, 0.4) is 0 Å². The Kier molecular flexibility index (Phi) is 6.04. The Morgan fingerprint density at radius 3 is 2.45 bits per heavy atom. The number of amides is 1. The van der Waals surface area contributed by atoms with Gasteiger partial charge in [0.25, 0.3) is 11.5 Å². The maximum Gasteiger partial charge on any atom is 0.292 e. The fraction of sp³-hybridized carbons (Fsp3) is 0.0833. The number of hydrazone groups is 1. The molecule has 4 rings (SSSR count). The summed E-state index contributed by atoms with van der Waals surface area (Å²) in [6.45, 7) is 2.08. The molecule has 0 aliphatic rings. The minimum atomic E-state index is -0.479. The molecule has 0 saturated heterocycles. The highest BCUT2D eigenvalue weighted by atomic mass is 79.9. The molecule has 1 heterocycles. The minimum Gasteiger partial charge on any atom is -0.267 e. The van der Waals surface area contributed by atoms with Gasteiger partial charge in [-0.2, -0.15) is 10.2 Å². The third-order valence-electron chi connectivity index (χ3n) is 4.83. The van der Waals surface area contributed by atoms with E-state index in [1.165, 1.54) is 4.68 Å². The second-order valence-corrected chi connectivity index (χ2v) is 7.91. The van der Waals surface area contributed by atoms with Gasteiger partial charge in [0.15, 0.2) is 5.69 Å². The van der Waals surface area contributed by atoms with Crippen LogP contribution in [0.2, 0.25) is 0 Å². The lowest BCUT2D eigenvalue weighted by atomic mass is 10.1. The summed E-state index contributed by atoms with van der Waals surface area (Å²) < 4.78 is 2.24. The van der Waals surface area contributed by atoms with Gasteiger partial charge in [-0.15, -0.1) is 0 Å². The maximum atomic E-state index is 13.0. The molecule has 3 aromatic carbocycles. The van der Waals surface area contributed by atoms with Gasteiger partial charge < -0.3 is 0 Å². The average molecular weight is 475 g/mol. The molecule has 0 bridgehead atoms. The summed E-state index contributed by atoms with van der Waals surface area (Å²) >= 11 is 3.43. The third kappa shape index (κ3) is 4.62. The van der Waals surface area contributed by atoms with Gasteiger partial charge in [-0.25, -0.2) is 10.1 Å². The zero-order valence-corrected chi connectivity index (χ0v) is 18.3. The van der Waals surface area contributed by atoms with Crippen molar-refractivity contribution in [3.05, 3.63) is 111 Å². The van der Waals surface area contributed by atoms with E-state index < -0.39 is 5.91 Å². The van der Waals surface area contributed by atoms with E-state index in [4.69, 9.17) is 0 Å². The van der Waals surface area contributed by atoms with E-state index in [2.05, 4.69) is 31.6 Å². The van der Waals surface area contributed by atoms with Crippen LogP contribution in [0, 0.1) is 0 Å². The van der Waals surface area contributed by atoms with Crippen molar-refractivity contribution >= 4 is 38.3 Å². The largest absolute Gasteiger partial charge is 0.292 e. The van der Waals surface area contributed by atoms with Crippen molar-refractivity contribution in [2.45, 2.75) is 13.5 Å². The molecule has 0 unspecified atom stereocenters. The second-order valence-electron chi connectivity index (χ2n) is 6.99. The van der Waals surface area contributed by atoms with Crippen LogP contribution in [0.15, 0.2) is 93.2 Å². The van der Waals surface area contributed by atoms with Crippen LogP contribution in [-0.4, -0.2) is 21.4 Å². The number of carbonyl (C=O) groups is 1. The van der Waals surface area contributed by atoms with Crippen LogP contribution in [0.5, 0.6) is 0 Å². The Bertz CT molecular complexity index is 1350. The lowest BCUT2D eigenvalue weighted by Gasteiger charge is -2.10. The summed E-state index contributed by atoms with van der Waals surface area (Å²) in [5, 5.41) is 9.53. The standard InChI is InChI=1S/C24H19BrN4O2/c1-16(18-10-7-11-19(25)14-18)26-27-23(30)22-20-12-5-6-13-21(20)24(31)29(28-22)15-17-8-3-2-4-9-17/h2-14H,15H2,1H3,(H,27,30). The van der Waals surface area contributed by atoms with Gasteiger partial charge in [-0.1, -0.05) is 76.6 Å². The van der Waals surface area contributed by atoms with Crippen molar-refractivity contribution in [2.75, 3.05) is 0 Å². The first-order chi connectivity index (χ1) is 15.0. The number of nitrogens with zero attached hydrogens (tertiary/aromatic N) is 3. The van der Waals surface area contributed by atoms with Gasteiger partial charge >= 0.3 is 0 Å². The van der Waals surface area contributed by atoms with E-state index in [-0.39, 0.29) is 17.8 Å². The normalized spacial score (nSPS) is 11.5. The summed E-state index contributed by atoms with van der Waals surface area (Å²) in [5.74, 6) is -0.479. The second kappa shape index (κ2) is 9.06. The molecule has 7 heteroatoms. The van der Waals surface area contributed by atoms with Crippen molar-refractivity contribution in [1.82, 2.24) is 15.2 Å². The first-order valence-electron chi connectivity index (χ1n) is 9.67. The predicted octanol–water partition coefficient (Wildman–Crippen LogP) is 4.36. The molecular weight excluding hydrogens is 456 g/mol. The van der Waals surface area contributed by atoms with Gasteiger partial charge in [0.05, 0.1) is 17.6 Å². The molecule has 0 spiro atoms. The van der Waals surface area contributed by atoms with Crippen molar-refractivity contribution in [2.24, 2.45) is 5.10 Å². The SMILES string of the molecule is CC(=NNC(=O)c1nn(Cc2ccccc2)c(=O)c2ccccc12)c1cccc(Br)c1. The summed E-state index contributed by atoms with van der Waals surface area (Å²) in [7, 11) is 0. The van der Waals surface area contributed by atoms with E-state index in [1.807, 2.05) is 61.5 Å². The Balaban J connectivity index is 1.70. The molecule has 6 nitrogen and oxygen atoms in total. The quantitative estimate of drug-likeness (QED) is 0.344. The predicted molar refractivity (Wildman–Crippen MR) is 125 cm³/mol. The number of carbonyl (C=O) groups excluding carboxylic acids is 1. The molecule has 1 N–H and O–H groups in total. The summed E-state index contributed by atoms with van der Waals surface area (Å²) in [4.78, 5) is 25.9. The molecule has 1 aromatic heterocycles. The van der Waals surface area contributed by atoms with Crippen LogP contribution in [-0.2, 0) is 6.54 Å². The number of rotatable bonds is 5. The lowest BCUT2D eigenvalue weighted by molar-refractivity contribution is 0.0949. The molecule has 31 heavy (non-hydrogen) atoms. The highest BCUT2D eigenvalue weighted by Gasteiger charge is 2.16. The molecule has 0 fully saturated rings. The van der Waals surface area contributed by atoms with E-state index in [0.29, 0.717) is 16.5 Å². The summed E-state index contributed by atoms with van der Waals surface area (Å²) in [5.41, 5.74) is 4.92. The molecule has 1 amide bonds. The number of halogens is 1. The smallest absolute Gasteiger partial charge is 0.267 e. The molecular formula is C24H19BrN4O2. The molecule has 0 aliphatic carbocycles.